The molecular weight excluding hydrogens is 933 g/mol. The van der Waals surface area contributed by atoms with Gasteiger partial charge < -0.3 is 14.4 Å². The van der Waals surface area contributed by atoms with Gasteiger partial charge in [0.25, 0.3) is 0 Å². The summed E-state index contributed by atoms with van der Waals surface area (Å²) in [6.07, 6.45) is 5.89. The summed E-state index contributed by atoms with van der Waals surface area (Å²) >= 11 is 0. The minimum absolute atomic E-state index is 0. The number of pyridine rings is 2. The summed E-state index contributed by atoms with van der Waals surface area (Å²) in [6, 6.07) is 35.2. The maximum atomic E-state index is 9.35. The normalized spacial score (nSPS) is 17.7. The van der Waals surface area contributed by atoms with Gasteiger partial charge in [-0.25, -0.2) is 0 Å². The minimum Gasteiger partial charge on any atom is -0.500 e. The monoisotopic (exact) mass is 1010 g/mol. The number of furan rings is 1. The summed E-state index contributed by atoms with van der Waals surface area (Å²) in [6.45, 7) is 10.4. The maximum Gasteiger partial charge on any atom is 0.128 e. The van der Waals surface area contributed by atoms with Crippen LogP contribution >= 0.6 is 0 Å². The Morgan fingerprint density at radius 2 is 1.40 bits per heavy atom. The van der Waals surface area contributed by atoms with Gasteiger partial charge in [0, 0.05) is 57.0 Å². The van der Waals surface area contributed by atoms with E-state index in [4.69, 9.17) is 16.8 Å². The molecule has 0 unspecified atom stereocenters. The third-order valence-corrected chi connectivity index (χ3v) is 12.5. The molecule has 0 N–H and O–H groups in total. The smallest absolute Gasteiger partial charge is 0.128 e. The predicted molar refractivity (Wildman–Crippen MR) is 259 cm³/mol. The molecule has 62 heavy (non-hydrogen) atoms. The van der Waals surface area contributed by atoms with Crippen molar-refractivity contribution in [3.63, 3.8) is 0 Å². The van der Waals surface area contributed by atoms with Crippen molar-refractivity contribution in [2.75, 3.05) is 0 Å². The van der Waals surface area contributed by atoms with Gasteiger partial charge in [-0.2, -0.15) is 0 Å². The van der Waals surface area contributed by atoms with Crippen LogP contribution in [0.25, 0.3) is 66.4 Å². The average Bonchev–Trinajstić information content (AvgIpc) is 3.71. The number of aromatic nitrogens is 2. The van der Waals surface area contributed by atoms with Crippen LogP contribution in [0.5, 0.6) is 0 Å². The molecule has 0 atom stereocenters. The summed E-state index contributed by atoms with van der Waals surface area (Å²) in [7, 11) is 0. The first kappa shape index (κ1) is 33.6. The molecule has 0 aliphatic heterocycles. The van der Waals surface area contributed by atoms with Gasteiger partial charge in [-0.15, -0.1) is 53.6 Å². The molecule has 3 aromatic heterocycles. The molecule has 4 heteroatoms. The second kappa shape index (κ2) is 18.4. The first-order valence-corrected chi connectivity index (χ1v) is 21.6. The molecule has 0 saturated heterocycles. The van der Waals surface area contributed by atoms with Gasteiger partial charge >= 0.3 is 0 Å². The molecule has 0 spiro atoms. The van der Waals surface area contributed by atoms with E-state index in [1.54, 1.807) is 12.1 Å². The van der Waals surface area contributed by atoms with Crippen molar-refractivity contribution in [3.8, 4) is 33.6 Å². The third kappa shape index (κ3) is 9.11. The Kier molecular flexibility index (Phi) is 10.0. The van der Waals surface area contributed by atoms with Crippen molar-refractivity contribution >= 4 is 32.7 Å². The Bertz CT molecular complexity index is 3220. The summed E-state index contributed by atoms with van der Waals surface area (Å²) in [5.74, 6) is -0.241. The molecule has 3 nitrogen and oxygen atoms in total. The van der Waals surface area contributed by atoms with Gasteiger partial charge in [0.15, 0.2) is 0 Å². The van der Waals surface area contributed by atoms with Crippen LogP contribution in [0.15, 0.2) is 108 Å². The molecule has 1 saturated carbocycles. The summed E-state index contributed by atoms with van der Waals surface area (Å²) < 4.78 is 87.7. The molecule has 0 amide bonds. The van der Waals surface area contributed by atoms with Gasteiger partial charge in [-0.3, -0.25) is 0 Å². The molecule has 3 heterocycles. The van der Waals surface area contributed by atoms with Crippen LogP contribution in [0, 0.1) is 38.1 Å². The van der Waals surface area contributed by atoms with Crippen molar-refractivity contribution < 1.29 is 38.2 Å². The van der Waals surface area contributed by atoms with Crippen molar-refractivity contribution in [3.05, 3.63) is 154 Å². The van der Waals surface area contributed by atoms with Crippen LogP contribution in [-0.4, -0.2) is 9.97 Å². The zero-order valence-corrected chi connectivity index (χ0v) is 39.4. The Labute approximate surface area is 398 Å². The second-order valence-electron chi connectivity index (χ2n) is 18.4. The van der Waals surface area contributed by atoms with Crippen molar-refractivity contribution in [2.45, 2.75) is 125 Å². The summed E-state index contributed by atoms with van der Waals surface area (Å²) in [4.78, 5) is 9.04. The van der Waals surface area contributed by atoms with E-state index in [9.17, 15) is 1.37 Å². The standard InChI is InChI=1S/C30H28NO.C28H34N.Ir/c1-19-18-31-27(17-26(19)21-13-15-30(2,3)16-14-21)25-10-6-9-23-24-12-11-20-7-4-5-8-22(20)28(24)32-29(23)25;1-17(2)23-13-24(18(3)4)28(25(14-23)19(5)6)26-15-27(29-16-21(26)8)22-11-9-20(7)10-12-22;/h4-9,11-12,17-18,21H,13-16H2,1-3H3;9-11,13-19H,1-8H3;/q2*-1;/i1D3,21D;7D3,8D3;. The van der Waals surface area contributed by atoms with Gasteiger partial charge in [-0.1, -0.05) is 134 Å². The van der Waals surface area contributed by atoms with Crippen LogP contribution < -0.4 is 0 Å². The molecule has 5 aromatic carbocycles. The fraction of sp³-hybridized carbons (Fsp3) is 0.345. The van der Waals surface area contributed by atoms with Gasteiger partial charge in [0.05, 0.1) is 5.58 Å². The summed E-state index contributed by atoms with van der Waals surface area (Å²) in [5, 5.41) is 4.13. The van der Waals surface area contributed by atoms with Crippen LogP contribution in [0.1, 0.15) is 157 Å². The molecule has 1 radical (unpaired) electrons. The van der Waals surface area contributed by atoms with E-state index in [1.165, 1.54) is 24.0 Å². The van der Waals surface area contributed by atoms with Crippen LogP contribution in [-0.2, 0) is 20.1 Å². The van der Waals surface area contributed by atoms with Crippen LogP contribution in [0.4, 0.5) is 0 Å². The molecular formula is C58H62IrN2O-2. The molecule has 8 aromatic rings. The van der Waals surface area contributed by atoms with Gasteiger partial charge in [-0.05, 0) is 130 Å². The first-order chi connectivity index (χ1) is 33.2. The zero-order valence-electron chi connectivity index (χ0n) is 47.0. The predicted octanol–water partition coefficient (Wildman–Crippen LogP) is 16.8. The zero-order chi connectivity index (χ0) is 51.6. The fourth-order valence-corrected chi connectivity index (χ4v) is 8.70. The Morgan fingerprint density at radius 3 is 2.06 bits per heavy atom. The largest absolute Gasteiger partial charge is 0.500 e. The minimum atomic E-state index is -2.34. The van der Waals surface area contributed by atoms with Gasteiger partial charge in [0.1, 0.15) is 5.58 Å². The van der Waals surface area contributed by atoms with E-state index >= 15 is 0 Å². The Balaban J connectivity index is 0.000000209. The van der Waals surface area contributed by atoms with Crippen LogP contribution in [0.2, 0.25) is 0 Å². The van der Waals surface area contributed by atoms with E-state index in [0.717, 1.165) is 56.7 Å². The first-order valence-electron chi connectivity index (χ1n) is 26.6. The van der Waals surface area contributed by atoms with Crippen LogP contribution in [0.3, 0.4) is 0 Å². The number of hydrogen-bond acceptors (Lipinski definition) is 3. The topological polar surface area (TPSA) is 38.9 Å². The SMILES string of the molecule is [2H]C([2H])([2H])c1c[c-]c(-c2cc(-c3c(C(C)C)cc(C(C)C)cc3C(C)C)c(C([2H])([2H])[2H])cn2)cc1.[2H]C([2H])([2H])c1cnc(-c2[c-]ccc3c2oc2c4ccccc4ccc32)cc1C1([2H])CCC(C)(C)CC1.[Ir]. The number of fused-ring (bicyclic) bond motifs is 5. The maximum absolute atomic E-state index is 9.35. The Morgan fingerprint density at radius 1 is 0.710 bits per heavy atom. The molecule has 0 bridgehead atoms. The van der Waals surface area contributed by atoms with Crippen molar-refractivity contribution in [2.24, 2.45) is 5.41 Å². The molecule has 1 aliphatic rings. The molecule has 321 valence electrons. The number of hydrogen-bond donors (Lipinski definition) is 0. The van der Waals surface area contributed by atoms with E-state index in [-0.39, 0.29) is 54.0 Å². The Hall–Kier alpha value is -4.89. The molecule has 9 rings (SSSR count). The number of rotatable bonds is 7. The van der Waals surface area contributed by atoms with E-state index in [0.29, 0.717) is 58.0 Å². The van der Waals surface area contributed by atoms with E-state index in [2.05, 4.69) is 114 Å². The second-order valence-corrected chi connectivity index (χ2v) is 18.4. The summed E-state index contributed by atoms with van der Waals surface area (Å²) in [5.41, 5.74) is 10.3. The van der Waals surface area contributed by atoms with E-state index < -0.39 is 26.4 Å². The van der Waals surface area contributed by atoms with E-state index in [1.807, 2.05) is 36.4 Å². The number of nitrogens with zero attached hydrogens (tertiary/aromatic N) is 2. The third-order valence-electron chi connectivity index (χ3n) is 12.5. The van der Waals surface area contributed by atoms with Crippen molar-refractivity contribution in [1.29, 1.82) is 0 Å². The quantitative estimate of drug-likeness (QED) is 0.149. The van der Waals surface area contributed by atoms with Crippen molar-refractivity contribution in [1.82, 2.24) is 9.97 Å². The molecule has 1 fully saturated rings. The number of aryl methyl sites for hydroxylation is 3. The number of benzene rings is 5. The van der Waals surface area contributed by atoms with Gasteiger partial charge in [0.2, 0.25) is 0 Å². The fourth-order valence-electron chi connectivity index (χ4n) is 8.70. The molecule has 1 aliphatic carbocycles. The average molecular weight is 1010 g/mol.